The van der Waals surface area contributed by atoms with Gasteiger partial charge >= 0.3 is 0 Å². The molecule has 1 aliphatic rings. The zero-order valence-corrected chi connectivity index (χ0v) is 8.69. The second-order valence-corrected chi connectivity index (χ2v) is 4.14. The van der Waals surface area contributed by atoms with E-state index in [4.69, 9.17) is 0 Å². The summed E-state index contributed by atoms with van der Waals surface area (Å²) in [6.45, 7) is 2.43. The Morgan fingerprint density at radius 2 is 2.21 bits per heavy atom. The monoisotopic (exact) mass is 191 g/mol. The summed E-state index contributed by atoms with van der Waals surface area (Å²) in [4.78, 5) is 10.9. The van der Waals surface area contributed by atoms with Crippen LogP contribution in [0.25, 0.3) is 0 Å². The van der Waals surface area contributed by atoms with Gasteiger partial charge in [0.1, 0.15) is 5.82 Å². The van der Waals surface area contributed by atoms with E-state index in [2.05, 4.69) is 21.9 Å². The normalized spacial score (nSPS) is 23.6. The molecule has 0 saturated carbocycles. The summed E-state index contributed by atoms with van der Waals surface area (Å²) in [5.41, 5.74) is 0. The average molecular weight is 191 g/mol. The predicted molar refractivity (Wildman–Crippen MR) is 56.0 cm³/mol. The predicted octanol–water partition coefficient (Wildman–Crippen LogP) is 1.36. The molecule has 14 heavy (non-hydrogen) atoms. The fourth-order valence-corrected chi connectivity index (χ4v) is 2.13. The standard InChI is InChI=1S/C11H17N3/c1-14-7-2-4-10(9-14)8-11-12-5-3-6-13-11/h3,5-6,10H,2,4,7-9H2,1H3/t10-/m0/s1. The van der Waals surface area contributed by atoms with Crippen LogP contribution in [0.15, 0.2) is 18.5 Å². The first-order valence-electron chi connectivity index (χ1n) is 5.29. The van der Waals surface area contributed by atoms with Crippen molar-refractivity contribution in [3.05, 3.63) is 24.3 Å². The van der Waals surface area contributed by atoms with E-state index in [1.54, 1.807) is 0 Å². The number of piperidine rings is 1. The van der Waals surface area contributed by atoms with Gasteiger partial charge in [0.05, 0.1) is 0 Å². The minimum absolute atomic E-state index is 0.746. The lowest BCUT2D eigenvalue weighted by Crippen LogP contribution is -2.33. The van der Waals surface area contributed by atoms with Gasteiger partial charge in [-0.1, -0.05) is 0 Å². The number of rotatable bonds is 2. The maximum Gasteiger partial charge on any atom is 0.128 e. The molecule has 1 aromatic rings. The van der Waals surface area contributed by atoms with Gasteiger partial charge < -0.3 is 4.90 Å². The first-order valence-corrected chi connectivity index (χ1v) is 5.29. The minimum Gasteiger partial charge on any atom is -0.306 e. The number of nitrogens with zero attached hydrogens (tertiary/aromatic N) is 3. The van der Waals surface area contributed by atoms with Crippen molar-refractivity contribution in [2.75, 3.05) is 20.1 Å². The van der Waals surface area contributed by atoms with E-state index in [0.29, 0.717) is 0 Å². The van der Waals surface area contributed by atoms with Crippen LogP contribution in [0, 0.1) is 5.92 Å². The molecule has 0 amide bonds. The van der Waals surface area contributed by atoms with Crippen LogP contribution in [0.1, 0.15) is 18.7 Å². The number of aromatic nitrogens is 2. The van der Waals surface area contributed by atoms with E-state index < -0.39 is 0 Å². The molecule has 1 aromatic heterocycles. The van der Waals surface area contributed by atoms with E-state index >= 15 is 0 Å². The van der Waals surface area contributed by atoms with Crippen molar-refractivity contribution in [2.45, 2.75) is 19.3 Å². The molecule has 1 atom stereocenters. The summed E-state index contributed by atoms with van der Waals surface area (Å²) in [5.74, 6) is 1.74. The Labute approximate surface area is 85.2 Å². The van der Waals surface area contributed by atoms with Crippen LogP contribution in [0.5, 0.6) is 0 Å². The molecular formula is C11H17N3. The summed E-state index contributed by atoms with van der Waals surface area (Å²) < 4.78 is 0. The van der Waals surface area contributed by atoms with Crippen molar-refractivity contribution in [1.82, 2.24) is 14.9 Å². The molecule has 1 aliphatic heterocycles. The molecule has 0 aliphatic carbocycles. The van der Waals surface area contributed by atoms with Crippen LogP contribution in [0.4, 0.5) is 0 Å². The highest BCUT2D eigenvalue weighted by Crippen LogP contribution is 2.17. The molecule has 0 N–H and O–H groups in total. The van der Waals surface area contributed by atoms with Crippen LogP contribution < -0.4 is 0 Å². The SMILES string of the molecule is CN1CCC[C@@H](Cc2ncccn2)C1. The van der Waals surface area contributed by atoms with Crippen LogP contribution in [-0.2, 0) is 6.42 Å². The Kier molecular flexibility index (Phi) is 3.09. The molecule has 3 nitrogen and oxygen atoms in total. The molecular weight excluding hydrogens is 174 g/mol. The zero-order valence-electron chi connectivity index (χ0n) is 8.69. The largest absolute Gasteiger partial charge is 0.306 e. The highest BCUT2D eigenvalue weighted by molar-refractivity contribution is 4.91. The van der Waals surface area contributed by atoms with Crippen molar-refractivity contribution in [3.8, 4) is 0 Å². The molecule has 2 heterocycles. The molecule has 0 unspecified atom stereocenters. The highest BCUT2D eigenvalue weighted by Gasteiger charge is 2.17. The van der Waals surface area contributed by atoms with Gasteiger partial charge in [0, 0.05) is 25.4 Å². The second kappa shape index (κ2) is 4.51. The highest BCUT2D eigenvalue weighted by atomic mass is 15.1. The van der Waals surface area contributed by atoms with E-state index in [1.165, 1.54) is 25.9 Å². The van der Waals surface area contributed by atoms with Crippen LogP contribution in [0.2, 0.25) is 0 Å². The summed E-state index contributed by atoms with van der Waals surface area (Å²) in [7, 11) is 2.19. The lowest BCUT2D eigenvalue weighted by Gasteiger charge is -2.29. The Hall–Kier alpha value is -0.960. The number of hydrogen-bond donors (Lipinski definition) is 0. The van der Waals surface area contributed by atoms with E-state index in [9.17, 15) is 0 Å². The fraction of sp³-hybridized carbons (Fsp3) is 0.636. The van der Waals surface area contributed by atoms with Crippen molar-refractivity contribution < 1.29 is 0 Å². The molecule has 1 fully saturated rings. The van der Waals surface area contributed by atoms with Gasteiger partial charge in [0.2, 0.25) is 0 Å². The number of hydrogen-bond acceptors (Lipinski definition) is 3. The first kappa shape index (κ1) is 9.59. The van der Waals surface area contributed by atoms with Gasteiger partial charge in [-0.15, -0.1) is 0 Å². The van der Waals surface area contributed by atoms with Crippen molar-refractivity contribution in [3.63, 3.8) is 0 Å². The van der Waals surface area contributed by atoms with E-state index in [0.717, 1.165) is 18.2 Å². The van der Waals surface area contributed by atoms with Crippen molar-refractivity contribution in [1.29, 1.82) is 0 Å². The molecule has 2 rings (SSSR count). The lowest BCUT2D eigenvalue weighted by atomic mass is 9.95. The molecule has 0 radical (unpaired) electrons. The second-order valence-electron chi connectivity index (χ2n) is 4.14. The third-order valence-electron chi connectivity index (χ3n) is 2.81. The smallest absolute Gasteiger partial charge is 0.128 e. The molecule has 0 aromatic carbocycles. The molecule has 3 heteroatoms. The third-order valence-corrected chi connectivity index (χ3v) is 2.81. The summed E-state index contributed by atoms with van der Waals surface area (Å²) in [6, 6.07) is 1.87. The van der Waals surface area contributed by atoms with Gasteiger partial charge in [0.25, 0.3) is 0 Å². The lowest BCUT2D eigenvalue weighted by molar-refractivity contribution is 0.207. The molecule has 76 valence electrons. The van der Waals surface area contributed by atoms with Crippen molar-refractivity contribution >= 4 is 0 Å². The Morgan fingerprint density at radius 3 is 2.93 bits per heavy atom. The fourth-order valence-electron chi connectivity index (χ4n) is 2.13. The van der Waals surface area contributed by atoms with Gasteiger partial charge in [0.15, 0.2) is 0 Å². The first-order chi connectivity index (χ1) is 6.84. The maximum absolute atomic E-state index is 4.27. The van der Waals surface area contributed by atoms with Crippen LogP contribution in [0.3, 0.4) is 0 Å². The van der Waals surface area contributed by atoms with Crippen LogP contribution in [-0.4, -0.2) is 35.0 Å². The minimum atomic E-state index is 0.746. The molecule has 0 bridgehead atoms. The third kappa shape index (κ3) is 2.51. The topological polar surface area (TPSA) is 29.0 Å². The van der Waals surface area contributed by atoms with E-state index in [-0.39, 0.29) is 0 Å². The van der Waals surface area contributed by atoms with Gasteiger partial charge in [-0.25, -0.2) is 9.97 Å². The average Bonchev–Trinajstić information content (AvgIpc) is 2.19. The Bertz CT molecular complexity index is 273. The summed E-state index contributed by atoms with van der Waals surface area (Å²) in [6.07, 6.45) is 7.32. The summed E-state index contributed by atoms with van der Waals surface area (Å²) in [5, 5.41) is 0. The van der Waals surface area contributed by atoms with Gasteiger partial charge in [-0.05, 0) is 38.4 Å². The zero-order chi connectivity index (χ0) is 9.80. The van der Waals surface area contributed by atoms with E-state index in [1.807, 2.05) is 18.5 Å². The van der Waals surface area contributed by atoms with Crippen LogP contribution >= 0.6 is 0 Å². The summed E-state index contributed by atoms with van der Waals surface area (Å²) >= 11 is 0. The van der Waals surface area contributed by atoms with Gasteiger partial charge in [-0.3, -0.25) is 0 Å². The Morgan fingerprint density at radius 1 is 1.43 bits per heavy atom. The molecule has 1 saturated heterocycles. The van der Waals surface area contributed by atoms with Gasteiger partial charge in [-0.2, -0.15) is 0 Å². The quantitative estimate of drug-likeness (QED) is 0.707. The number of likely N-dealkylation sites (tertiary alicyclic amines) is 1. The molecule has 0 spiro atoms. The Balaban J connectivity index is 1.91. The van der Waals surface area contributed by atoms with Crippen molar-refractivity contribution in [2.24, 2.45) is 5.92 Å². The maximum atomic E-state index is 4.27.